The number of carbonyl (C=O) groups is 2. The van der Waals surface area contributed by atoms with Crippen molar-refractivity contribution in [2.24, 2.45) is 0 Å². The van der Waals surface area contributed by atoms with Gasteiger partial charge in [-0.3, -0.25) is 4.79 Å². The topological polar surface area (TPSA) is 59.3 Å². The molecule has 3 aromatic rings. The van der Waals surface area contributed by atoms with Crippen molar-refractivity contribution in [3.8, 4) is 0 Å². The molecule has 1 N–H and O–H groups in total. The molecule has 5 nitrogen and oxygen atoms in total. The number of amides is 1. The van der Waals surface area contributed by atoms with Gasteiger partial charge in [-0.2, -0.15) is 4.57 Å². The van der Waals surface area contributed by atoms with Crippen molar-refractivity contribution in [3.63, 3.8) is 0 Å². The van der Waals surface area contributed by atoms with Crippen molar-refractivity contribution in [2.75, 3.05) is 5.32 Å². The lowest BCUT2D eigenvalue weighted by atomic mass is 9.95. The number of fused-ring (bicyclic) bond motifs is 2. The van der Waals surface area contributed by atoms with Crippen LogP contribution in [0.3, 0.4) is 0 Å². The van der Waals surface area contributed by atoms with E-state index in [1.54, 1.807) is 0 Å². The Morgan fingerprint density at radius 3 is 2.69 bits per heavy atom. The van der Waals surface area contributed by atoms with Gasteiger partial charge < -0.3 is 10.1 Å². The Morgan fingerprint density at radius 2 is 1.90 bits per heavy atom. The van der Waals surface area contributed by atoms with Gasteiger partial charge >= 0.3 is 5.97 Å². The zero-order chi connectivity index (χ0) is 20.4. The fraction of sp³-hybridized carbons (Fsp3) is 0.348. The van der Waals surface area contributed by atoms with Gasteiger partial charge in [-0.15, -0.1) is 11.3 Å². The fourth-order valence-corrected chi connectivity index (χ4v) is 5.04. The molecule has 6 heteroatoms. The molecule has 0 bridgehead atoms. The van der Waals surface area contributed by atoms with Crippen molar-refractivity contribution in [1.29, 1.82) is 0 Å². The van der Waals surface area contributed by atoms with Crippen molar-refractivity contribution < 1.29 is 18.9 Å². The number of aromatic nitrogens is 1. The standard InChI is InChI=1S/C23H24N2O3S/c1-15(2)28-23(27)21-18-9-5-6-10-19(18)29-22(21)24-20(26)14-25-12-11-16-7-3-4-8-17(16)13-25/h3-4,7-8,11-13,15H,5-6,9-10,14H2,1-2H3/p+1. The molecule has 2 heterocycles. The van der Waals surface area contributed by atoms with E-state index in [1.165, 1.54) is 16.2 Å². The number of pyridine rings is 1. The van der Waals surface area contributed by atoms with Crippen LogP contribution in [0.2, 0.25) is 0 Å². The molecule has 4 rings (SSSR count). The number of carbonyl (C=O) groups excluding carboxylic acids is 2. The van der Waals surface area contributed by atoms with Crippen LogP contribution >= 0.6 is 11.3 Å². The molecule has 0 radical (unpaired) electrons. The van der Waals surface area contributed by atoms with Crippen LogP contribution in [0, 0.1) is 0 Å². The molecule has 1 aliphatic carbocycles. The molecule has 0 aliphatic heterocycles. The van der Waals surface area contributed by atoms with Gasteiger partial charge in [-0.05, 0) is 56.5 Å². The smallest absolute Gasteiger partial charge is 0.341 e. The number of hydrogen-bond acceptors (Lipinski definition) is 4. The molecule has 0 fully saturated rings. The molecule has 0 saturated heterocycles. The van der Waals surface area contributed by atoms with E-state index in [-0.39, 0.29) is 24.5 Å². The van der Waals surface area contributed by atoms with Crippen LogP contribution < -0.4 is 9.88 Å². The second-order valence-electron chi connectivity index (χ2n) is 7.66. The Balaban J connectivity index is 1.56. The third kappa shape index (κ3) is 4.32. The Morgan fingerprint density at radius 1 is 1.14 bits per heavy atom. The van der Waals surface area contributed by atoms with Gasteiger partial charge in [0.25, 0.3) is 5.91 Å². The van der Waals surface area contributed by atoms with Crippen molar-refractivity contribution in [3.05, 3.63) is 58.7 Å². The second-order valence-corrected chi connectivity index (χ2v) is 8.77. The number of thiophene rings is 1. The number of rotatable bonds is 5. The molecule has 0 saturated carbocycles. The van der Waals surface area contributed by atoms with Gasteiger partial charge in [-0.25, -0.2) is 4.79 Å². The molecule has 1 amide bonds. The van der Waals surface area contributed by atoms with Crippen LogP contribution in [-0.4, -0.2) is 18.0 Å². The minimum Gasteiger partial charge on any atom is -0.459 e. The Hall–Kier alpha value is -2.73. The Labute approximate surface area is 174 Å². The zero-order valence-corrected chi connectivity index (χ0v) is 17.6. The average Bonchev–Trinajstić information content (AvgIpc) is 3.05. The van der Waals surface area contributed by atoms with Crippen molar-refractivity contribution in [2.45, 2.75) is 52.2 Å². The molecule has 0 atom stereocenters. The maximum atomic E-state index is 12.8. The molecule has 2 aromatic heterocycles. The summed E-state index contributed by atoms with van der Waals surface area (Å²) in [6.45, 7) is 3.86. The van der Waals surface area contributed by atoms with Crippen molar-refractivity contribution >= 4 is 39.0 Å². The minimum atomic E-state index is -0.340. The van der Waals surface area contributed by atoms with Crippen molar-refractivity contribution in [1.82, 2.24) is 0 Å². The number of ether oxygens (including phenoxy) is 1. The van der Waals surface area contributed by atoms with E-state index in [0.717, 1.165) is 42.0 Å². The van der Waals surface area contributed by atoms with Crippen LogP contribution in [-0.2, 0) is 28.9 Å². The van der Waals surface area contributed by atoms with Gasteiger partial charge in [-0.1, -0.05) is 18.2 Å². The molecule has 150 valence electrons. The number of nitrogens with zero attached hydrogens (tertiary/aromatic N) is 1. The maximum absolute atomic E-state index is 12.8. The highest BCUT2D eigenvalue weighted by Crippen LogP contribution is 2.38. The highest BCUT2D eigenvalue weighted by atomic mass is 32.1. The van der Waals surface area contributed by atoms with Gasteiger partial charge in [0.15, 0.2) is 12.4 Å². The first-order valence-corrected chi connectivity index (χ1v) is 10.9. The first-order valence-electron chi connectivity index (χ1n) is 10.0. The number of nitrogens with one attached hydrogen (secondary N) is 1. The van der Waals surface area contributed by atoms with E-state index in [9.17, 15) is 9.59 Å². The van der Waals surface area contributed by atoms with E-state index in [0.29, 0.717) is 10.6 Å². The summed E-state index contributed by atoms with van der Waals surface area (Å²) >= 11 is 1.52. The molecule has 0 unspecified atom stereocenters. The summed E-state index contributed by atoms with van der Waals surface area (Å²) in [5.74, 6) is -0.490. The van der Waals surface area contributed by atoms with E-state index < -0.39 is 0 Å². The monoisotopic (exact) mass is 409 g/mol. The average molecular weight is 410 g/mol. The quantitative estimate of drug-likeness (QED) is 0.506. The van der Waals surface area contributed by atoms with Crippen LogP contribution in [0.1, 0.15) is 47.5 Å². The molecular weight excluding hydrogens is 384 g/mol. The zero-order valence-electron chi connectivity index (χ0n) is 16.7. The SMILES string of the molecule is CC(C)OC(=O)c1c(NC(=O)C[n+]2ccc3ccccc3c2)sc2c1CCCC2. The van der Waals surface area contributed by atoms with Crippen LogP contribution in [0.4, 0.5) is 5.00 Å². The van der Waals surface area contributed by atoms with Gasteiger partial charge in [0.2, 0.25) is 6.54 Å². The summed E-state index contributed by atoms with van der Waals surface area (Å²) in [6.07, 6.45) is 7.66. The summed E-state index contributed by atoms with van der Waals surface area (Å²) in [5, 5.41) is 5.81. The number of anilines is 1. The largest absolute Gasteiger partial charge is 0.459 e. The van der Waals surface area contributed by atoms with E-state index >= 15 is 0 Å². The number of hydrogen-bond donors (Lipinski definition) is 1. The summed E-state index contributed by atoms with van der Waals surface area (Å²) in [4.78, 5) is 26.7. The van der Waals surface area contributed by atoms with E-state index in [1.807, 2.05) is 61.1 Å². The minimum absolute atomic E-state index is 0.150. The third-order valence-electron chi connectivity index (χ3n) is 5.04. The third-order valence-corrected chi connectivity index (χ3v) is 6.25. The van der Waals surface area contributed by atoms with Crippen LogP contribution in [0.5, 0.6) is 0 Å². The van der Waals surface area contributed by atoms with Gasteiger partial charge in [0, 0.05) is 16.3 Å². The van der Waals surface area contributed by atoms with Crippen LogP contribution in [0.25, 0.3) is 10.8 Å². The first-order chi connectivity index (χ1) is 14.0. The number of esters is 1. The van der Waals surface area contributed by atoms with E-state index in [4.69, 9.17) is 4.74 Å². The van der Waals surface area contributed by atoms with Gasteiger partial charge in [0.1, 0.15) is 5.00 Å². The van der Waals surface area contributed by atoms with Gasteiger partial charge in [0.05, 0.1) is 11.7 Å². The predicted octanol–water partition coefficient (Wildman–Crippen LogP) is 4.27. The second kappa shape index (κ2) is 8.33. The summed E-state index contributed by atoms with van der Waals surface area (Å²) in [7, 11) is 0. The normalized spacial score (nSPS) is 13.3. The molecular formula is C23H25N2O3S+. The molecule has 29 heavy (non-hydrogen) atoms. The number of benzene rings is 1. The summed E-state index contributed by atoms with van der Waals surface area (Å²) in [5.41, 5.74) is 1.61. The summed E-state index contributed by atoms with van der Waals surface area (Å²) in [6, 6.07) is 10.0. The Bertz CT molecular complexity index is 1070. The first kappa shape index (κ1) is 19.6. The highest BCUT2D eigenvalue weighted by molar-refractivity contribution is 7.17. The molecule has 1 aromatic carbocycles. The maximum Gasteiger partial charge on any atom is 0.341 e. The van der Waals surface area contributed by atoms with E-state index in [2.05, 4.69) is 5.32 Å². The van der Waals surface area contributed by atoms with Crippen LogP contribution in [0.15, 0.2) is 42.7 Å². The fourth-order valence-electron chi connectivity index (χ4n) is 3.75. The number of aryl methyl sites for hydroxylation is 1. The lowest BCUT2D eigenvalue weighted by Gasteiger charge is -2.14. The molecule has 1 aliphatic rings. The predicted molar refractivity (Wildman–Crippen MR) is 114 cm³/mol. The lowest BCUT2D eigenvalue weighted by molar-refractivity contribution is -0.682. The summed E-state index contributed by atoms with van der Waals surface area (Å²) < 4.78 is 7.32. The highest BCUT2D eigenvalue weighted by Gasteiger charge is 2.28. The molecule has 0 spiro atoms. The Kier molecular flexibility index (Phi) is 5.62. The lowest BCUT2D eigenvalue weighted by Crippen LogP contribution is -2.39.